The third-order valence-electron chi connectivity index (χ3n) is 5.04. The van der Waals surface area contributed by atoms with Crippen molar-refractivity contribution < 1.29 is 13.9 Å². The molecule has 0 spiro atoms. The second-order valence-electron chi connectivity index (χ2n) is 6.91. The van der Waals surface area contributed by atoms with E-state index in [1.54, 1.807) is 12.1 Å². The third kappa shape index (κ3) is 5.59. The van der Waals surface area contributed by atoms with Gasteiger partial charge in [-0.3, -0.25) is 9.69 Å². The molecular formula is C20H25FN4O2. The molecule has 0 saturated carbocycles. The van der Waals surface area contributed by atoms with Gasteiger partial charge in [-0.1, -0.05) is 12.1 Å². The normalized spacial score (nSPS) is 19.3. The van der Waals surface area contributed by atoms with Crippen LogP contribution in [0.1, 0.15) is 37.3 Å². The minimum atomic E-state index is -0.440. The summed E-state index contributed by atoms with van der Waals surface area (Å²) in [5, 5.41) is 11.1. The summed E-state index contributed by atoms with van der Waals surface area (Å²) in [7, 11) is 0. The number of ether oxygens (including phenoxy) is 1. The number of terminal acetylenes is 1. The number of carbonyl (C=O) groups is 1. The van der Waals surface area contributed by atoms with Crippen molar-refractivity contribution in [1.29, 1.82) is 0 Å². The summed E-state index contributed by atoms with van der Waals surface area (Å²) in [6, 6.07) is 6.45. The minimum Gasteiger partial charge on any atom is -0.379 e. The SMILES string of the molecule is C#CCCC1(CCC(=O)NCC(c2ccc(F)cc2)N2CCOCC2)N=N1. The maximum atomic E-state index is 13.3. The van der Waals surface area contributed by atoms with Crippen molar-refractivity contribution in [1.82, 2.24) is 10.2 Å². The number of nitrogens with one attached hydrogen (secondary N) is 1. The van der Waals surface area contributed by atoms with E-state index in [-0.39, 0.29) is 17.8 Å². The van der Waals surface area contributed by atoms with Crippen LogP contribution in [0.15, 0.2) is 34.5 Å². The van der Waals surface area contributed by atoms with Gasteiger partial charge < -0.3 is 10.1 Å². The Bertz CT molecular complexity index is 702. The second-order valence-corrected chi connectivity index (χ2v) is 6.91. The van der Waals surface area contributed by atoms with Crippen molar-refractivity contribution in [3.05, 3.63) is 35.6 Å². The number of nitrogens with zero attached hydrogens (tertiary/aromatic N) is 3. The number of rotatable bonds is 9. The number of halogens is 1. The zero-order valence-corrected chi connectivity index (χ0v) is 15.4. The van der Waals surface area contributed by atoms with Gasteiger partial charge in [-0.15, -0.1) is 12.3 Å². The predicted molar refractivity (Wildman–Crippen MR) is 99.4 cm³/mol. The number of carbonyl (C=O) groups excluding carboxylic acids is 1. The van der Waals surface area contributed by atoms with Crippen molar-refractivity contribution in [2.45, 2.75) is 37.4 Å². The van der Waals surface area contributed by atoms with Crippen LogP contribution in [0.2, 0.25) is 0 Å². The maximum absolute atomic E-state index is 13.3. The molecule has 1 atom stereocenters. The summed E-state index contributed by atoms with van der Waals surface area (Å²) in [6.07, 6.45) is 7.53. The minimum absolute atomic E-state index is 0.0100. The molecule has 0 aliphatic carbocycles. The van der Waals surface area contributed by atoms with Gasteiger partial charge in [0.1, 0.15) is 5.82 Å². The number of amides is 1. The molecule has 0 aromatic heterocycles. The third-order valence-corrected chi connectivity index (χ3v) is 5.04. The Morgan fingerprint density at radius 1 is 1.30 bits per heavy atom. The van der Waals surface area contributed by atoms with Crippen LogP contribution in [0, 0.1) is 18.2 Å². The summed E-state index contributed by atoms with van der Waals surface area (Å²) in [5.74, 6) is 2.29. The fourth-order valence-electron chi connectivity index (χ4n) is 3.31. The molecule has 144 valence electrons. The molecular weight excluding hydrogens is 347 g/mol. The molecule has 3 rings (SSSR count). The summed E-state index contributed by atoms with van der Waals surface area (Å²) < 4.78 is 18.7. The van der Waals surface area contributed by atoms with Crippen LogP contribution in [0.5, 0.6) is 0 Å². The lowest BCUT2D eigenvalue weighted by Gasteiger charge is -2.35. The highest BCUT2D eigenvalue weighted by Gasteiger charge is 2.39. The zero-order valence-electron chi connectivity index (χ0n) is 15.4. The maximum Gasteiger partial charge on any atom is 0.220 e. The van der Waals surface area contributed by atoms with Gasteiger partial charge >= 0.3 is 0 Å². The van der Waals surface area contributed by atoms with Crippen molar-refractivity contribution in [3.63, 3.8) is 0 Å². The largest absolute Gasteiger partial charge is 0.379 e. The van der Waals surface area contributed by atoms with Gasteiger partial charge in [-0.05, 0) is 17.7 Å². The van der Waals surface area contributed by atoms with Crippen LogP contribution < -0.4 is 5.32 Å². The molecule has 7 heteroatoms. The molecule has 1 saturated heterocycles. The van der Waals surface area contributed by atoms with E-state index in [1.165, 1.54) is 12.1 Å². The number of hydrogen-bond acceptors (Lipinski definition) is 5. The molecule has 0 radical (unpaired) electrons. The molecule has 27 heavy (non-hydrogen) atoms. The molecule has 1 fully saturated rings. The van der Waals surface area contributed by atoms with E-state index in [4.69, 9.17) is 11.2 Å². The number of benzene rings is 1. The van der Waals surface area contributed by atoms with Gasteiger partial charge in [0.05, 0.1) is 19.3 Å². The number of hydrogen-bond donors (Lipinski definition) is 1. The first-order valence-corrected chi connectivity index (χ1v) is 9.33. The first-order valence-electron chi connectivity index (χ1n) is 9.33. The Hall–Kier alpha value is -2.30. The van der Waals surface area contributed by atoms with Crippen molar-refractivity contribution in [2.75, 3.05) is 32.8 Å². The molecule has 1 aromatic rings. The van der Waals surface area contributed by atoms with Crippen LogP contribution in [0.25, 0.3) is 0 Å². The smallest absolute Gasteiger partial charge is 0.220 e. The Morgan fingerprint density at radius 2 is 2.00 bits per heavy atom. The molecule has 2 aliphatic rings. The van der Waals surface area contributed by atoms with Crippen molar-refractivity contribution in [3.8, 4) is 12.3 Å². The Balaban J connectivity index is 1.53. The van der Waals surface area contributed by atoms with Crippen molar-refractivity contribution in [2.24, 2.45) is 10.2 Å². The standard InChI is InChI=1S/C20H25FN4O2/c1-2-3-9-20(23-24-20)10-8-19(26)22-15-18(25-11-13-27-14-12-25)16-4-6-17(21)7-5-16/h1,4-7,18H,3,8-15H2,(H,22,26). The lowest BCUT2D eigenvalue weighted by molar-refractivity contribution is -0.121. The first-order chi connectivity index (χ1) is 13.1. The van der Waals surface area contributed by atoms with Gasteiger partial charge in [0, 0.05) is 45.3 Å². The van der Waals surface area contributed by atoms with Crippen LogP contribution in [0.3, 0.4) is 0 Å². The summed E-state index contributed by atoms with van der Waals surface area (Å²) >= 11 is 0. The van der Waals surface area contributed by atoms with E-state index >= 15 is 0 Å². The Kier molecular flexibility index (Phi) is 6.54. The monoisotopic (exact) mass is 372 g/mol. The highest BCUT2D eigenvalue weighted by Crippen LogP contribution is 2.37. The summed E-state index contributed by atoms with van der Waals surface area (Å²) in [5.41, 5.74) is 0.542. The quantitative estimate of drug-likeness (QED) is 0.678. The van der Waals surface area contributed by atoms with Gasteiger partial charge in [0.25, 0.3) is 0 Å². The van der Waals surface area contributed by atoms with E-state index in [0.717, 1.165) is 18.7 Å². The molecule has 2 heterocycles. The van der Waals surface area contributed by atoms with Gasteiger partial charge in [-0.2, -0.15) is 10.2 Å². The summed E-state index contributed by atoms with van der Waals surface area (Å²) in [4.78, 5) is 14.6. The molecule has 0 bridgehead atoms. The highest BCUT2D eigenvalue weighted by atomic mass is 19.1. The molecule has 1 aromatic carbocycles. The van der Waals surface area contributed by atoms with Gasteiger partial charge in [0.2, 0.25) is 5.91 Å². The molecule has 1 N–H and O–H groups in total. The second kappa shape index (κ2) is 9.07. The number of morpholine rings is 1. The van der Waals surface area contributed by atoms with Crippen LogP contribution >= 0.6 is 0 Å². The van der Waals surface area contributed by atoms with Crippen molar-refractivity contribution >= 4 is 5.91 Å². The average molecular weight is 372 g/mol. The molecule has 1 unspecified atom stereocenters. The fourth-order valence-corrected chi connectivity index (χ4v) is 3.31. The van der Waals surface area contributed by atoms with Gasteiger partial charge in [-0.25, -0.2) is 4.39 Å². The van der Waals surface area contributed by atoms with E-state index in [1.807, 2.05) is 0 Å². The zero-order chi connectivity index (χ0) is 19.1. The van der Waals surface area contributed by atoms with E-state index in [2.05, 4.69) is 26.4 Å². The highest BCUT2D eigenvalue weighted by molar-refractivity contribution is 5.76. The fraction of sp³-hybridized carbons (Fsp3) is 0.550. The lowest BCUT2D eigenvalue weighted by Crippen LogP contribution is -2.43. The van der Waals surface area contributed by atoms with Crippen LogP contribution in [0.4, 0.5) is 4.39 Å². The predicted octanol–water partition coefficient (Wildman–Crippen LogP) is 2.67. The molecule has 1 amide bonds. The van der Waals surface area contributed by atoms with Crippen LogP contribution in [-0.4, -0.2) is 49.3 Å². The molecule has 6 nitrogen and oxygen atoms in total. The van der Waals surface area contributed by atoms with E-state index in [9.17, 15) is 9.18 Å². The Morgan fingerprint density at radius 3 is 2.63 bits per heavy atom. The lowest BCUT2D eigenvalue weighted by atomic mass is 10.0. The van der Waals surface area contributed by atoms with Crippen LogP contribution in [-0.2, 0) is 9.53 Å². The Labute approximate surface area is 159 Å². The van der Waals surface area contributed by atoms with E-state index < -0.39 is 5.66 Å². The average Bonchev–Trinajstić information content (AvgIpc) is 3.47. The topological polar surface area (TPSA) is 66.3 Å². The molecule has 2 aliphatic heterocycles. The first kappa shape index (κ1) is 19.5. The van der Waals surface area contributed by atoms with E-state index in [0.29, 0.717) is 45.4 Å². The van der Waals surface area contributed by atoms with Gasteiger partial charge in [0.15, 0.2) is 5.66 Å². The summed E-state index contributed by atoms with van der Waals surface area (Å²) in [6.45, 7) is 3.35.